The fourth-order valence-electron chi connectivity index (χ4n) is 1.65. The second kappa shape index (κ2) is 6.51. The van der Waals surface area contributed by atoms with Gasteiger partial charge in [-0.25, -0.2) is 0 Å². The van der Waals surface area contributed by atoms with Gasteiger partial charge >= 0.3 is 0 Å². The average Bonchev–Trinajstić information content (AvgIpc) is 2.40. The van der Waals surface area contributed by atoms with E-state index in [0.29, 0.717) is 22.3 Å². The number of methoxy groups -OCH3 is 1. The van der Waals surface area contributed by atoms with Gasteiger partial charge in [0.05, 0.1) is 17.8 Å². The Balaban J connectivity index is 2.10. The second-order valence-corrected chi connectivity index (χ2v) is 5.64. The minimum absolute atomic E-state index is 0.604. The Hall–Kier alpha value is -0.900. The van der Waals surface area contributed by atoms with E-state index in [4.69, 9.17) is 27.9 Å². The lowest BCUT2D eigenvalue weighted by molar-refractivity contribution is 0.415. The Kier molecular flexibility index (Phi) is 4.97. The van der Waals surface area contributed by atoms with E-state index in [1.165, 1.54) is 0 Å². The number of halogens is 3. The summed E-state index contributed by atoms with van der Waals surface area (Å²) in [5.41, 5.74) is 2.01. The Morgan fingerprint density at radius 2 is 1.95 bits per heavy atom. The summed E-state index contributed by atoms with van der Waals surface area (Å²) in [6, 6.07) is 11.3. The predicted octanol–water partition coefficient (Wildman–Crippen LogP) is 5.38. The van der Waals surface area contributed by atoms with Crippen LogP contribution in [0.1, 0.15) is 5.56 Å². The first kappa shape index (κ1) is 14.5. The molecule has 0 heterocycles. The van der Waals surface area contributed by atoms with Crippen molar-refractivity contribution in [2.24, 2.45) is 0 Å². The summed E-state index contributed by atoms with van der Waals surface area (Å²) in [6.45, 7) is 0.655. The third-order valence-corrected chi connectivity index (χ3v) is 3.85. The Bertz CT molecular complexity index is 590. The third-order valence-electron chi connectivity index (χ3n) is 2.63. The van der Waals surface area contributed by atoms with E-state index < -0.39 is 0 Å². The van der Waals surface area contributed by atoms with Crippen molar-refractivity contribution in [1.82, 2.24) is 0 Å². The third kappa shape index (κ3) is 3.78. The molecule has 0 aliphatic rings. The lowest BCUT2D eigenvalue weighted by Gasteiger charge is -2.10. The van der Waals surface area contributed by atoms with Crippen molar-refractivity contribution >= 4 is 44.8 Å². The van der Waals surface area contributed by atoms with Crippen LogP contribution in [-0.4, -0.2) is 7.11 Å². The smallest absolute Gasteiger partial charge is 0.137 e. The quantitative estimate of drug-likeness (QED) is 0.790. The van der Waals surface area contributed by atoms with Crippen molar-refractivity contribution in [3.05, 3.63) is 56.5 Å². The van der Waals surface area contributed by atoms with Gasteiger partial charge in [-0.05, 0) is 51.8 Å². The van der Waals surface area contributed by atoms with Gasteiger partial charge < -0.3 is 10.1 Å². The Morgan fingerprint density at radius 1 is 1.16 bits per heavy atom. The monoisotopic (exact) mass is 359 g/mol. The first-order valence-electron chi connectivity index (χ1n) is 5.61. The lowest BCUT2D eigenvalue weighted by atomic mass is 10.2. The molecule has 2 aromatic rings. The van der Waals surface area contributed by atoms with Crippen LogP contribution in [0.5, 0.6) is 5.75 Å². The molecule has 19 heavy (non-hydrogen) atoms. The zero-order chi connectivity index (χ0) is 13.8. The molecule has 0 atom stereocenters. The first-order chi connectivity index (χ1) is 9.10. The van der Waals surface area contributed by atoms with Crippen LogP contribution in [0, 0.1) is 0 Å². The summed E-state index contributed by atoms with van der Waals surface area (Å²) in [7, 11) is 1.60. The molecule has 0 aliphatic carbocycles. The van der Waals surface area contributed by atoms with Gasteiger partial charge in [-0.3, -0.25) is 0 Å². The minimum Gasteiger partial charge on any atom is -0.495 e. The first-order valence-corrected chi connectivity index (χ1v) is 7.16. The number of nitrogens with one attached hydrogen (secondary N) is 1. The topological polar surface area (TPSA) is 21.3 Å². The Labute approximate surface area is 130 Å². The standard InChI is InChI=1S/C14H12BrCl2NO/c1-19-14-5-2-9(6-12(14)17)8-18-13-7-10(16)3-4-11(13)15/h2-7,18H,8H2,1H3. The van der Waals surface area contributed by atoms with Crippen LogP contribution >= 0.6 is 39.1 Å². The second-order valence-electron chi connectivity index (χ2n) is 3.95. The van der Waals surface area contributed by atoms with Gasteiger partial charge in [0.1, 0.15) is 5.75 Å². The number of rotatable bonds is 4. The van der Waals surface area contributed by atoms with Gasteiger partial charge in [-0.2, -0.15) is 0 Å². The van der Waals surface area contributed by atoms with Crippen LogP contribution in [0.2, 0.25) is 10.0 Å². The number of ether oxygens (including phenoxy) is 1. The number of hydrogen-bond acceptors (Lipinski definition) is 2. The summed E-state index contributed by atoms with van der Waals surface area (Å²) < 4.78 is 6.09. The molecule has 100 valence electrons. The van der Waals surface area contributed by atoms with Crippen molar-refractivity contribution in [2.75, 3.05) is 12.4 Å². The van der Waals surface area contributed by atoms with Crippen molar-refractivity contribution < 1.29 is 4.74 Å². The van der Waals surface area contributed by atoms with Crippen molar-refractivity contribution in [3.63, 3.8) is 0 Å². The van der Waals surface area contributed by atoms with Gasteiger partial charge in [-0.1, -0.05) is 29.3 Å². The van der Waals surface area contributed by atoms with E-state index in [-0.39, 0.29) is 0 Å². The van der Waals surface area contributed by atoms with E-state index in [2.05, 4.69) is 21.2 Å². The fourth-order valence-corrected chi connectivity index (χ4v) is 2.49. The van der Waals surface area contributed by atoms with Crippen LogP contribution in [0.4, 0.5) is 5.69 Å². The molecule has 5 heteroatoms. The highest BCUT2D eigenvalue weighted by Crippen LogP contribution is 2.28. The molecule has 0 aliphatic heterocycles. The molecule has 2 nitrogen and oxygen atoms in total. The molecule has 0 spiro atoms. The maximum absolute atomic E-state index is 6.08. The largest absolute Gasteiger partial charge is 0.495 e. The highest BCUT2D eigenvalue weighted by Gasteiger charge is 2.04. The molecule has 0 saturated heterocycles. The number of hydrogen-bond donors (Lipinski definition) is 1. The molecule has 0 unspecified atom stereocenters. The predicted molar refractivity (Wildman–Crippen MR) is 84.5 cm³/mol. The molecule has 2 aromatic carbocycles. The fraction of sp³-hybridized carbons (Fsp3) is 0.143. The summed E-state index contributed by atoms with van der Waals surface area (Å²) in [5, 5.41) is 4.60. The van der Waals surface area contributed by atoms with Crippen LogP contribution in [0.25, 0.3) is 0 Å². The molecule has 1 N–H and O–H groups in total. The van der Waals surface area contributed by atoms with E-state index in [1.807, 2.05) is 36.4 Å². The molecule has 2 rings (SSSR count). The van der Waals surface area contributed by atoms with Gasteiger partial charge in [0.15, 0.2) is 0 Å². The van der Waals surface area contributed by atoms with E-state index in [9.17, 15) is 0 Å². The lowest BCUT2D eigenvalue weighted by Crippen LogP contribution is -2.00. The van der Waals surface area contributed by atoms with E-state index in [0.717, 1.165) is 15.7 Å². The van der Waals surface area contributed by atoms with Crippen LogP contribution in [0.3, 0.4) is 0 Å². The van der Waals surface area contributed by atoms with Crippen molar-refractivity contribution in [2.45, 2.75) is 6.54 Å². The zero-order valence-electron chi connectivity index (χ0n) is 10.2. The van der Waals surface area contributed by atoms with Crippen LogP contribution in [0.15, 0.2) is 40.9 Å². The highest BCUT2D eigenvalue weighted by atomic mass is 79.9. The maximum Gasteiger partial charge on any atom is 0.137 e. The summed E-state index contributed by atoms with van der Waals surface area (Å²) >= 11 is 15.5. The SMILES string of the molecule is COc1ccc(CNc2cc(Cl)ccc2Br)cc1Cl. The Morgan fingerprint density at radius 3 is 2.63 bits per heavy atom. The molecule has 0 saturated carbocycles. The number of anilines is 1. The van der Waals surface area contributed by atoms with Gasteiger partial charge in [-0.15, -0.1) is 0 Å². The van der Waals surface area contributed by atoms with E-state index >= 15 is 0 Å². The molecule has 0 bridgehead atoms. The summed E-state index contributed by atoms with van der Waals surface area (Å²) in [6.07, 6.45) is 0. The summed E-state index contributed by atoms with van der Waals surface area (Å²) in [4.78, 5) is 0. The molecule has 0 radical (unpaired) electrons. The van der Waals surface area contributed by atoms with Crippen molar-refractivity contribution in [1.29, 1.82) is 0 Å². The average molecular weight is 361 g/mol. The molecule has 0 amide bonds. The van der Waals surface area contributed by atoms with E-state index in [1.54, 1.807) is 7.11 Å². The summed E-state index contributed by atoms with van der Waals surface area (Å²) in [5.74, 6) is 0.675. The van der Waals surface area contributed by atoms with Crippen molar-refractivity contribution in [3.8, 4) is 5.75 Å². The van der Waals surface area contributed by atoms with Crippen LogP contribution in [-0.2, 0) is 6.54 Å². The maximum atomic E-state index is 6.08. The van der Waals surface area contributed by atoms with Crippen LogP contribution < -0.4 is 10.1 Å². The normalized spacial score (nSPS) is 10.3. The molecule has 0 fully saturated rings. The molecular weight excluding hydrogens is 349 g/mol. The number of benzene rings is 2. The molecular formula is C14H12BrCl2NO. The van der Waals surface area contributed by atoms with Gasteiger partial charge in [0.25, 0.3) is 0 Å². The molecule has 0 aromatic heterocycles. The minimum atomic E-state index is 0.604. The van der Waals surface area contributed by atoms with Gasteiger partial charge in [0.2, 0.25) is 0 Å². The highest BCUT2D eigenvalue weighted by molar-refractivity contribution is 9.10. The van der Waals surface area contributed by atoms with Gasteiger partial charge in [0, 0.05) is 16.0 Å². The zero-order valence-corrected chi connectivity index (χ0v) is 13.3.